The van der Waals surface area contributed by atoms with Crippen LogP contribution in [-0.2, 0) is 21.5 Å². The second-order valence-electron chi connectivity index (χ2n) is 8.16. The Morgan fingerprint density at radius 2 is 1.88 bits per heavy atom. The zero-order valence-corrected chi connectivity index (χ0v) is 18.8. The van der Waals surface area contributed by atoms with Crippen LogP contribution in [0.15, 0.2) is 59.5 Å². The van der Waals surface area contributed by atoms with Crippen LogP contribution in [-0.4, -0.2) is 28.8 Å². The number of hydrogen-bond acceptors (Lipinski definition) is 4. The number of ether oxygens (including phenoxy) is 1. The van der Waals surface area contributed by atoms with Crippen LogP contribution in [0.1, 0.15) is 30.7 Å². The van der Waals surface area contributed by atoms with Gasteiger partial charge in [-0.15, -0.1) is 11.8 Å². The van der Waals surface area contributed by atoms with Gasteiger partial charge in [-0.2, -0.15) is 13.2 Å². The van der Waals surface area contributed by atoms with Gasteiger partial charge in [-0.3, -0.25) is 4.98 Å². The first kappa shape index (κ1) is 24.1. The zero-order valence-electron chi connectivity index (χ0n) is 17.9. The maximum Gasteiger partial charge on any atom is 0.416 e. The highest BCUT2D eigenvalue weighted by Gasteiger charge is 2.31. The van der Waals surface area contributed by atoms with Crippen molar-refractivity contribution in [1.82, 2.24) is 4.98 Å². The minimum atomic E-state index is -4.36. The highest BCUT2D eigenvalue weighted by molar-refractivity contribution is 8.02. The van der Waals surface area contributed by atoms with E-state index in [1.54, 1.807) is 11.8 Å². The van der Waals surface area contributed by atoms with Gasteiger partial charge in [0.2, 0.25) is 0 Å². The lowest BCUT2D eigenvalue weighted by Crippen LogP contribution is -2.32. The third kappa shape index (κ3) is 6.01. The van der Waals surface area contributed by atoms with Crippen molar-refractivity contribution in [2.24, 2.45) is 5.41 Å². The summed E-state index contributed by atoms with van der Waals surface area (Å²) in [6, 6.07) is 8.75. The molecule has 0 bridgehead atoms. The number of benzene rings is 1. The van der Waals surface area contributed by atoms with Crippen molar-refractivity contribution >= 4 is 17.7 Å². The summed E-state index contributed by atoms with van der Waals surface area (Å²) in [4.78, 5) is 16.4. The number of aryl methyl sites for hydroxylation is 1. The molecule has 1 atom stereocenters. The van der Waals surface area contributed by atoms with Crippen LogP contribution in [0, 0.1) is 12.3 Å². The lowest BCUT2D eigenvalue weighted by molar-refractivity contribution is -0.145. The molecule has 8 heteroatoms. The molecule has 32 heavy (non-hydrogen) atoms. The maximum absolute atomic E-state index is 12.8. The molecular formula is C24H24F3NO3S. The van der Waals surface area contributed by atoms with E-state index in [0.29, 0.717) is 17.0 Å². The number of carboxylic acid groups (broad SMARTS) is 1. The van der Waals surface area contributed by atoms with Crippen LogP contribution in [0.5, 0.6) is 0 Å². The smallest absolute Gasteiger partial charge is 0.416 e. The minimum absolute atomic E-state index is 0.311. The van der Waals surface area contributed by atoms with Gasteiger partial charge in [0, 0.05) is 27.3 Å². The largest absolute Gasteiger partial charge is 0.480 e. The number of halogens is 3. The van der Waals surface area contributed by atoms with E-state index in [4.69, 9.17) is 9.84 Å². The molecule has 1 N–H and O–H groups in total. The first-order chi connectivity index (χ1) is 15.0. The Balaban J connectivity index is 1.65. The Morgan fingerprint density at radius 3 is 2.44 bits per heavy atom. The van der Waals surface area contributed by atoms with E-state index >= 15 is 0 Å². The Hall–Kier alpha value is -2.58. The van der Waals surface area contributed by atoms with Crippen LogP contribution >= 0.6 is 11.8 Å². The summed E-state index contributed by atoms with van der Waals surface area (Å²) in [5.41, 5.74) is 2.08. The van der Waals surface area contributed by atoms with Gasteiger partial charge in [-0.1, -0.05) is 50.3 Å². The number of pyridine rings is 1. The van der Waals surface area contributed by atoms with Crippen LogP contribution in [0.2, 0.25) is 0 Å². The average molecular weight is 464 g/mol. The van der Waals surface area contributed by atoms with E-state index in [2.05, 4.69) is 11.1 Å². The fraction of sp³-hybridized carbons (Fsp3) is 0.333. The quantitative estimate of drug-likeness (QED) is 0.525. The maximum atomic E-state index is 12.8. The molecule has 1 aliphatic carbocycles. The second-order valence-corrected chi connectivity index (χ2v) is 9.21. The molecule has 0 spiro atoms. The molecule has 1 aliphatic rings. The lowest BCUT2D eigenvalue weighted by Gasteiger charge is -2.32. The topological polar surface area (TPSA) is 59.4 Å². The first-order valence-corrected chi connectivity index (χ1v) is 11.0. The van der Waals surface area contributed by atoms with E-state index < -0.39 is 17.7 Å². The fourth-order valence-corrected chi connectivity index (χ4v) is 4.53. The summed E-state index contributed by atoms with van der Waals surface area (Å²) in [6.07, 6.45) is 1.21. The normalized spacial score (nSPS) is 17.8. The summed E-state index contributed by atoms with van der Waals surface area (Å²) in [5, 5.41) is 8.82. The number of hydrogen-bond donors (Lipinski definition) is 1. The Labute approximate surface area is 189 Å². The van der Waals surface area contributed by atoms with Gasteiger partial charge < -0.3 is 9.84 Å². The number of thioether (sulfide) groups is 1. The molecule has 3 rings (SSSR count). The predicted molar refractivity (Wildman–Crippen MR) is 119 cm³/mol. The third-order valence-electron chi connectivity index (χ3n) is 5.17. The third-order valence-corrected chi connectivity index (χ3v) is 6.21. The Morgan fingerprint density at radius 1 is 1.19 bits per heavy atom. The van der Waals surface area contributed by atoms with Crippen molar-refractivity contribution in [1.29, 1.82) is 0 Å². The standard InChI is InChI=1S/C24H24F3NO3S/c1-15-17(6-10-20(28-15)16-4-7-18(8-5-16)24(25,26)27)14-32-19-9-11-21(23(2,3)12-19)31-13-22(29)30/h4-12,21H,13-14H2,1-3H3,(H,29,30). The number of allylic oxidation sites excluding steroid dienone is 1. The minimum Gasteiger partial charge on any atom is -0.480 e. The van der Waals surface area contributed by atoms with Crippen molar-refractivity contribution in [2.75, 3.05) is 6.61 Å². The monoisotopic (exact) mass is 463 g/mol. The molecule has 4 nitrogen and oxygen atoms in total. The first-order valence-electron chi connectivity index (χ1n) is 9.97. The molecule has 1 aromatic carbocycles. The fourth-order valence-electron chi connectivity index (χ4n) is 3.34. The molecule has 1 aromatic heterocycles. The summed E-state index contributed by atoms with van der Waals surface area (Å²) in [7, 11) is 0. The van der Waals surface area contributed by atoms with Crippen molar-refractivity contribution in [2.45, 2.75) is 38.8 Å². The lowest BCUT2D eigenvalue weighted by atomic mass is 9.83. The average Bonchev–Trinajstić information content (AvgIpc) is 2.71. The molecule has 0 saturated heterocycles. The SMILES string of the molecule is Cc1nc(-c2ccc(C(F)(F)F)cc2)ccc1CSC1=CC(C)(C)C(OCC(=O)O)C=C1. The van der Waals surface area contributed by atoms with Crippen molar-refractivity contribution < 1.29 is 27.8 Å². The molecule has 1 heterocycles. The number of carboxylic acids is 1. The van der Waals surface area contributed by atoms with Crippen molar-refractivity contribution in [3.63, 3.8) is 0 Å². The summed E-state index contributed by atoms with van der Waals surface area (Å²) in [6.45, 7) is 5.53. The number of aromatic nitrogens is 1. The molecule has 0 amide bonds. The van der Waals surface area contributed by atoms with Crippen LogP contribution in [0.25, 0.3) is 11.3 Å². The Kier molecular flexibility index (Phi) is 7.15. The van der Waals surface area contributed by atoms with Gasteiger partial charge in [0.1, 0.15) is 6.61 Å². The van der Waals surface area contributed by atoms with Gasteiger partial charge >= 0.3 is 12.1 Å². The van der Waals surface area contributed by atoms with Gasteiger partial charge in [0.25, 0.3) is 0 Å². The molecule has 2 aromatic rings. The van der Waals surface area contributed by atoms with E-state index in [9.17, 15) is 18.0 Å². The van der Waals surface area contributed by atoms with Gasteiger partial charge in [-0.25, -0.2) is 4.79 Å². The summed E-state index contributed by atoms with van der Waals surface area (Å²) < 4.78 is 43.7. The predicted octanol–water partition coefficient (Wildman–Crippen LogP) is 6.26. The van der Waals surface area contributed by atoms with Gasteiger partial charge in [0.15, 0.2) is 0 Å². The van der Waals surface area contributed by atoms with Gasteiger partial charge in [-0.05, 0) is 30.7 Å². The van der Waals surface area contributed by atoms with Gasteiger partial charge in [0.05, 0.1) is 17.4 Å². The van der Waals surface area contributed by atoms with E-state index in [1.807, 2.05) is 45.1 Å². The zero-order chi connectivity index (χ0) is 23.5. The molecule has 170 valence electrons. The summed E-state index contributed by atoms with van der Waals surface area (Å²) >= 11 is 1.64. The number of alkyl halides is 3. The van der Waals surface area contributed by atoms with E-state index in [0.717, 1.165) is 28.3 Å². The number of nitrogens with zero attached hydrogens (tertiary/aromatic N) is 1. The van der Waals surface area contributed by atoms with Crippen molar-refractivity contribution in [3.8, 4) is 11.3 Å². The van der Waals surface area contributed by atoms with Crippen LogP contribution in [0.4, 0.5) is 13.2 Å². The van der Waals surface area contributed by atoms with Crippen LogP contribution < -0.4 is 0 Å². The van der Waals surface area contributed by atoms with Crippen molar-refractivity contribution in [3.05, 3.63) is 76.4 Å². The number of carbonyl (C=O) groups is 1. The molecule has 0 saturated carbocycles. The molecule has 1 unspecified atom stereocenters. The Bertz CT molecular complexity index is 1040. The van der Waals surface area contributed by atoms with Crippen LogP contribution in [0.3, 0.4) is 0 Å². The van der Waals surface area contributed by atoms with E-state index in [-0.39, 0.29) is 18.1 Å². The number of rotatable bonds is 7. The van der Waals surface area contributed by atoms with E-state index in [1.165, 1.54) is 12.1 Å². The number of aliphatic carboxylic acids is 1. The molecule has 0 aliphatic heterocycles. The summed E-state index contributed by atoms with van der Waals surface area (Å²) in [5.74, 6) is -0.319. The highest BCUT2D eigenvalue weighted by atomic mass is 32.2. The molecular weight excluding hydrogens is 439 g/mol. The molecule has 0 radical (unpaired) electrons. The second kappa shape index (κ2) is 9.50. The highest BCUT2D eigenvalue weighted by Crippen LogP contribution is 2.37. The molecule has 0 fully saturated rings.